The van der Waals surface area contributed by atoms with E-state index in [1.54, 1.807) is 0 Å². The van der Waals surface area contributed by atoms with Gasteiger partial charge >= 0.3 is 0 Å². The standard InChI is InChI=1S/C12H24N2O2.ClH/c1-10(2)9-16-8-4-7-14-12(15)11-5-3-6-13-11;/h10-11,13H,3-9H2,1-2H3,(H,14,15);1H. The van der Waals surface area contributed by atoms with E-state index in [0.717, 1.165) is 45.6 Å². The number of rotatable bonds is 7. The summed E-state index contributed by atoms with van der Waals surface area (Å²) in [4.78, 5) is 11.6. The van der Waals surface area contributed by atoms with Gasteiger partial charge in [-0.3, -0.25) is 4.79 Å². The van der Waals surface area contributed by atoms with E-state index in [1.165, 1.54) is 0 Å². The van der Waals surface area contributed by atoms with Crippen molar-refractivity contribution in [3.8, 4) is 0 Å². The largest absolute Gasteiger partial charge is 0.381 e. The number of halogens is 1. The van der Waals surface area contributed by atoms with Crippen molar-refractivity contribution in [1.82, 2.24) is 10.6 Å². The summed E-state index contributed by atoms with van der Waals surface area (Å²) in [5.41, 5.74) is 0. The minimum atomic E-state index is 0. The average molecular weight is 265 g/mol. The number of amides is 1. The van der Waals surface area contributed by atoms with Gasteiger partial charge in [0.1, 0.15) is 0 Å². The first kappa shape index (κ1) is 16.7. The van der Waals surface area contributed by atoms with Gasteiger partial charge in [-0.2, -0.15) is 0 Å². The van der Waals surface area contributed by atoms with Gasteiger partial charge in [-0.05, 0) is 31.7 Å². The third-order valence-electron chi connectivity index (χ3n) is 2.59. The van der Waals surface area contributed by atoms with Crippen LogP contribution in [0, 0.1) is 5.92 Å². The van der Waals surface area contributed by atoms with Gasteiger partial charge in [-0.25, -0.2) is 0 Å². The molecule has 1 aliphatic rings. The van der Waals surface area contributed by atoms with Crippen LogP contribution in [0.3, 0.4) is 0 Å². The van der Waals surface area contributed by atoms with E-state index in [-0.39, 0.29) is 24.4 Å². The van der Waals surface area contributed by atoms with E-state index >= 15 is 0 Å². The second-order valence-electron chi connectivity index (χ2n) is 4.76. The Morgan fingerprint density at radius 2 is 2.29 bits per heavy atom. The fourth-order valence-corrected chi connectivity index (χ4v) is 1.74. The Balaban J connectivity index is 0.00000256. The van der Waals surface area contributed by atoms with Crippen molar-refractivity contribution >= 4 is 18.3 Å². The summed E-state index contributed by atoms with van der Waals surface area (Å²) in [5.74, 6) is 0.721. The summed E-state index contributed by atoms with van der Waals surface area (Å²) < 4.78 is 5.44. The molecule has 1 unspecified atom stereocenters. The molecule has 0 saturated carbocycles. The lowest BCUT2D eigenvalue weighted by molar-refractivity contribution is -0.122. The summed E-state index contributed by atoms with van der Waals surface area (Å²) in [5, 5.41) is 6.11. The fraction of sp³-hybridized carbons (Fsp3) is 0.917. The van der Waals surface area contributed by atoms with E-state index in [0.29, 0.717) is 5.92 Å². The number of nitrogens with one attached hydrogen (secondary N) is 2. The molecule has 0 aliphatic carbocycles. The van der Waals surface area contributed by atoms with Crippen LogP contribution in [0.25, 0.3) is 0 Å². The van der Waals surface area contributed by atoms with Gasteiger partial charge in [-0.15, -0.1) is 12.4 Å². The van der Waals surface area contributed by atoms with Crippen molar-refractivity contribution in [3.05, 3.63) is 0 Å². The molecule has 0 radical (unpaired) electrons. The molecule has 102 valence electrons. The molecular weight excluding hydrogens is 240 g/mol. The molecule has 0 bridgehead atoms. The quantitative estimate of drug-likeness (QED) is 0.683. The molecule has 1 aliphatic heterocycles. The maximum Gasteiger partial charge on any atom is 0.237 e. The second-order valence-corrected chi connectivity index (χ2v) is 4.76. The summed E-state index contributed by atoms with van der Waals surface area (Å²) in [6.45, 7) is 7.49. The fourth-order valence-electron chi connectivity index (χ4n) is 1.74. The topological polar surface area (TPSA) is 50.4 Å². The maximum absolute atomic E-state index is 11.6. The predicted octanol–water partition coefficient (Wildman–Crippen LogP) is 1.34. The van der Waals surface area contributed by atoms with Gasteiger partial charge in [0.2, 0.25) is 5.91 Å². The smallest absolute Gasteiger partial charge is 0.237 e. The van der Waals surface area contributed by atoms with Crippen LogP contribution in [0.5, 0.6) is 0 Å². The monoisotopic (exact) mass is 264 g/mol. The van der Waals surface area contributed by atoms with Crippen molar-refractivity contribution in [1.29, 1.82) is 0 Å². The van der Waals surface area contributed by atoms with Crippen LogP contribution in [0.2, 0.25) is 0 Å². The lowest BCUT2D eigenvalue weighted by Crippen LogP contribution is -2.40. The molecule has 1 rings (SSSR count). The Bertz CT molecular complexity index is 207. The lowest BCUT2D eigenvalue weighted by Gasteiger charge is -2.11. The number of hydrogen-bond acceptors (Lipinski definition) is 3. The molecule has 1 atom stereocenters. The molecule has 2 N–H and O–H groups in total. The zero-order valence-corrected chi connectivity index (χ0v) is 11.6. The van der Waals surface area contributed by atoms with Crippen molar-refractivity contribution in [2.75, 3.05) is 26.3 Å². The minimum absolute atomic E-state index is 0. The van der Waals surface area contributed by atoms with Gasteiger partial charge in [0.05, 0.1) is 6.04 Å². The van der Waals surface area contributed by atoms with Crippen LogP contribution in [0.1, 0.15) is 33.1 Å². The Kier molecular flexibility index (Phi) is 9.50. The summed E-state index contributed by atoms with van der Waals surface area (Å²) in [6.07, 6.45) is 2.97. The van der Waals surface area contributed by atoms with Crippen LogP contribution in [-0.2, 0) is 9.53 Å². The van der Waals surface area contributed by atoms with Crippen LogP contribution >= 0.6 is 12.4 Å². The van der Waals surface area contributed by atoms with Gasteiger partial charge in [-0.1, -0.05) is 13.8 Å². The van der Waals surface area contributed by atoms with Crippen molar-refractivity contribution in [3.63, 3.8) is 0 Å². The van der Waals surface area contributed by atoms with Gasteiger partial charge in [0, 0.05) is 19.8 Å². The van der Waals surface area contributed by atoms with Crippen molar-refractivity contribution in [2.45, 2.75) is 39.2 Å². The van der Waals surface area contributed by atoms with E-state index < -0.39 is 0 Å². The highest BCUT2D eigenvalue weighted by Crippen LogP contribution is 2.04. The first-order chi connectivity index (χ1) is 7.70. The van der Waals surface area contributed by atoms with Crippen LogP contribution in [-0.4, -0.2) is 38.3 Å². The number of hydrogen-bond donors (Lipinski definition) is 2. The molecule has 5 heteroatoms. The van der Waals surface area contributed by atoms with Crippen LogP contribution in [0.15, 0.2) is 0 Å². The summed E-state index contributed by atoms with van der Waals surface area (Å²) >= 11 is 0. The summed E-state index contributed by atoms with van der Waals surface area (Å²) in [6, 6.07) is 0.0385. The molecule has 0 aromatic heterocycles. The second kappa shape index (κ2) is 9.68. The zero-order chi connectivity index (χ0) is 11.8. The highest BCUT2D eigenvalue weighted by atomic mass is 35.5. The molecule has 17 heavy (non-hydrogen) atoms. The van der Waals surface area contributed by atoms with Gasteiger partial charge in [0.15, 0.2) is 0 Å². The third kappa shape index (κ3) is 7.58. The van der Waals surface area contributed by atoms with E-state index in [2.05, 4.69) is 24.5 Å². The molecule has 1 saturated heterocycles. The summed E-state index contributed by atoms with van der Waals surface area (Å²) in [7, 11) is 0. The molecule has 0 aromatic carbocycles. The van der Waals surface area contributed by atoms with Gasteiger partial charge < -0.3 is 15.4 Å². The van der Waals surface area contributed by atoms with E-state index in [9.17, 15) is 4.79 Å². The van der Waals surface area contributed by atoms with Crippen LogP contribution < -0.4 is 10.6 Å². The number of carbonyl (C=O) groups is 1. The highest BCUT2D eigenvalue weighted by molar-refractivity contribution is 5.85. The minimum Gasteiger partial charge on any atom is -0.381 e. The molecule has 0 spiro atoms. The molecule has 4 nitrogen and oxygen atoms in total. The Morgan fingerprint density at radius 1 is 1.53 bits per heavy atom. The maximum atomic E-state index is 11.6. The molecule has 1 heterocycles. The molecular formula is C12H25ClN2O2. The third-order valence-corrected chi connectivity index (χ3v) is 2.59. The Labute approximate surface area is 110 Å². The van der Waals surface area contributed by atoms with Gasteiger partial charge in [0.25, 0.3) is 0 Å². The number of carbonyl (C=O) groups excluding carboxylic acids is 1. The first-order valence-electron chi connectivity index (χ1n) is 6.29. The first-order valence-corrected chi connectivity index (χ1v) is 6.29. The predicted molar refractivity (Wildman–Crippen MR) is 71.6 cm³/mol. The molecule has 1 amide bonds. The van der Waals surface area contributed by atoms with E-state index in [1.807, 2.05) is 0 Å². The lowest BCUT2D eigenvalue weighted by atomic mass is 10.2. The Hall–Kier alpha value is -0.320. The highest BCUT2D eigenvalue weighted by Gasteiger charge is 2.20. The van der Waals surface area contributed by atoms with Crippen LogP contribution in [0.4, 0.5) is 0 Å². The average Bonchev–Trinajstić information content (AvgIpc) is 2.75. The normalized spacial score (nSPS) is 19.1. The Morgan fingerprint density at radius 3 is 2.88 bits per heavy atom. The molecule has 0 aromatic rings. The molecule has 1 fully saturated rings. The van der Waals surface area contributed by atoms with Crippen molar-refractivity contribution < 1.29 is 9.53 Å². The van der Waals surface area contributed by atoms with E-state index in [4.69, 9.17) is 4.74 Å². The number of ether oxygens (including phenoxy) is 1. The zero-order valence-electron chi connectivity index (χ0n) is 10.8. The van der Waals surface area contributed by atoms with Crippen molar-refractivity contribution in [2.24, 2.45) is 5.92 Å². The SMILES string of the molecule is CC(C)COCCCNC(=O)C1CCCN1.Cl.